The Morgan fingerprint density at radius 3 is 2.46 bits per heavy atom. The maximum Gasteiger partial charge on any atom is 0.372 e. The van der Waals surface area contributed by atoms with E-state index in [0.717, 1.165) is 21.9 Å². The Morgan fingerprint density at radius 2 is 1.69 bits per heavy atom. The number of nitrogens with two attached hydrogens (primary N) is 1. The van der Waals surface area contributed by atoms with Crippen LogP contribution < -0.4 is 10.5 Å². The van der Waals surface area contributed by atoms with Crippen LogP contribution in [-0.4, -0.2) is 18.4 Å². The van der Waals surface area contributed by atoms with E-state index in [1.807, 2.05) is 74.5 Å². The van der Waals surface area contributed by atoms with Gasteiger partial charge in [-0.15, -0.1) is 0 Å². The highest BCUT2D eigenvalue weighted by atomic mass is 16.7. The summed E-state index contributed by atoms with van der Waals surface area (Å²) >= 11 is 0. The third kappa shape index (κ3) is 4.19. The molecule has 0 unspecified atom stereocenters. The van der Waals surface area contributed by atoms with Crippen molar-refractivity contribution in [1.82, 2.24) is 0 Å². The maximum atomic E-state index is 11.9. The molecule has 132 valence electrons. The van der Waals surface area contributed by atoms with Crippen LogP contribution >= 0.6 is 0 Å². The van der Waals surface area contributed by atoms with Crippen LogP contribution in [0.1, 0.15) is 16.7 Å². The lowest BCUT2D eigenvalue weighted by molar-refractivity contribution is -0.146. The van der Waals surface area contributed by atoms with Crippen LogP contribution in [0.5, 0.6) is 5.75 Å². The van der Waals surface area contributed by atoms with Crippen LogP contribution in [0.15, 0.2) is 65.8 Å². The van der Waals surface area contributed by atoms with Gasteiger partial charge in [0.1, 0.15) is 5.75 Å². The summed E-state index contributed by atoms with van der Waals surface area (Å²) in [6, 6.07) is 19.2. The van der Waals surface area contributed by atoms with Gasteiger partial charge in [0, 0.05) is 5.56 Å². The number of ether oxygens (including phenoxy) is 1. The van der Waals surface area contributed by atoms with Crippen molar-refractivity contribution in [3.63, 3.8) is 0 Å². The normalized spacial score (nSPS) is 11.4. The van der Waals surface area contributed by atoms with Gasteiger partial charge >= 0.3 is 5.97 Å². The minimum absolute atomic E-state index is 0.140. The molecule has 0 aliphatic rings. The maximum absolute atomic E-state index is 11.9. The molecular weight excluding hydrogens is 328 g/mol. The monoisotopic (exact) mass is 348 g/mol. The number of hydrogen-bond acceptors (Lipinski definition) is 4. The predicted octanol–water partition coefficient (Wildman–Crippen LogP) is 3.70. The van der Waals surface area contributed by atoms with E-state index in [1.165, 1.54) is 0 Å². The van der Waals surface area contributed by atoms with E-state index in [9.17, 15) is 4.79 Å². The number of amidine groups is 1. The van der Waals surface area contributed by atoms with Crippen LogP contribution in [0.3, 0.4) is 0 Å². The van der Waals surface area contributed by atoms with E-state index >= 15 is 0 Å². The summed E-state index contributed by atoms with van der Waals surface area (Å²) in [5.41, 5.74) is 8.83. The lowest BCUT2D eigenvalue weighted by atomic mass is 10.0. The van der Waals surface area contributed by atoms with E-state index in [2.05, 4.69) is 5.16 Å². The zero-order valence-electron chi connectivity index (χ0n) is 14.7. The number of carbonyl (C=O) groups excluding carboxylic acids is 1. The molecule has 5 heteroatoms. The van der Waals surface area contributed by atoms with Crippen LogP contribution in [0.25, 0.3) is 10.8 Å². The van der Waals surface area contributed by atoms with Crippen LogP contribution in [0.2, 0.25) is 0 Å². The number of nitrogens with zero attached hydrogens (tertiary/aromatic N) is 1. The first-order chi connectivity index (χ1) is 12.5. The highest BCUT2D eigenvalue weighted by Gasteiger charge is 2.08. The first-order valence-corrected chi connectivity index (χ1v) is 8.25. The Kier molecular flexibility index (Phi) is 5.17. The molecule has 3 aromatic carbocycles. The second-order valence-electron chi connectivity index (χ2n) is 6.08. The Morgan fingerprint density at radius 1 is 1.00 bits per heavy atom. The summed E-state index contributed by atoms with van der Waals surface area (Å²) in [7, 11) is 0. The molecule has 0 spiro atoms. The molecule has 26 heavy (non-hydrogen) atoms. The van der Waals surface area contributed by atoms with Crippen molar-refractivity contribution in [3.05, 3.63) is 77.4 Å². The Balaban J connectivity index is 1.65. The molecule has 5 nitrogen and oxygen atoms in total. The Hall–Kier alpha value is -3.34. The smallest absolute Gasteiger partial charge is 0.372 e. The van der Waals surface area contributed by atoms with Crippen molar-refractivity contribution in [3.8, 4) is 5.75 Å². The number of aryl methyl sites for hydroxylation is 2. The average Bonchev–Trinajstić information content (AvgIpc) is 2.63. The zero-order chi connectivity index (χ0) is 18.5. The van der Waals surface area contributed by atoms with Crippen LogP contribution in [0.4, 0.5) is 0 Å². The van der Waals surface area contributed by atoms with E-state index < -0.39 is 5.97 Å². The summed E-state index contributed by atoms with van der Waals surface area (Å²) in [5.74, 6) is 0.138. The van der Waals surface area contributed by atoms with Crippen molar-refractivity contribution in [2.45, 2.75) is 13.8 Å². The lowest BCUT2D eigenvalue weighted by Gasteiger charge is -2.07. The van der Waals surface area contributed by atoms with Crippen molar-refractivity contribution in [2.75, 3.05) is 6.61 Å². The summed E-state index contributed by atoms with van der Waals surface area (Å²) < 4.78 is 5.45. The highest BCUT2D eigenvalue weighted by Crippen LogP contribution is 2.18. The molecule has 0 radical (unpaired) electrons. The molecule has 0 saturated carbocycles. The fourth-order valence-corrected chi connectivity index (χ4v) is 2.78. The molecular formula is C21H20N2O3. The lowest BCUT2D eigenvalue weighted by Crippen LogP contribution is -2.18. The van der Waals surface area contributed by atoms with Crippen LogP contribution in [0, 0.1) is 13.8 Å². The van der Waals surface area contributed by atoms with Gasteiger partial charge in [-0.2, -0.15) is 0 Å². The summed E-state index contributed by atoms with van der Waals surface area (Å²) in [5, 5.41) is 5.73. The van der Waals surface area contributed by atoms with E-state index in [-0.39, 0.29) is 12.4 Å². The number of carbonyl (C=O) groups is 1. The van der Waals surface area contributed by atoms with Gasteiger partial charge in [0.05, 0.1) is 0 Å². The number of hydrogen-bond donors (Lipinski definition) is 1. The number of benzene rings is 3. The standard InChI is InChI=1S/C21H20N2O3/c1-14-10-15(2)12-17(11-14)25-13-20(24)26-23-21(22)19-9-5-7-16-6-3-4-8-18(16)19/h3-12H,13H2,1-2H3,(H2,22,23). The van der Waals surface area contributed by atoms with E-state index in [1.54, 1.807) is 0 Å². The third-order valence-electron chi connectivity index (χ3n) is 3.86. The minimum Gasteiger partial charge on any atom is -0.482 e. The minimum atomic E-state index is -0.618. The van der Waals surface area contributed by atoms with E-state index in [0.29, 0.717) is 11.3 Å². The van der Waals surface area contributed by atoms with Gasteiger partial charge in [-0.05, 0) is 47.9 Å². The average molecular weight is 348 g/mol. The van der Waals surface area contributed by atoms with Gasteiger partial charge in [-0.25, -0.2) is 4.79 Å². The molecule has 0 amide bonds. The van der Waals surface area contributed by atoms with Crippen molar-refractivity contribution in [2.24, 2.45) is 10.9 Å². The number of fused-ring (bicyclic) bond motifs is 1. The summed E-state index contributed by atoms with van der Waals surface area (Å²) in [6.45, 7) is 3.69. The molecule has 0 aliphatic carbocycles. The molecule has 0 aromatic heterocycles. The van der Waals surface area contributed by atoms with E-state index in [4.69, 9.17) is 15.3 Å². The van der Waals surface area contributed by atoms with Crippen LogP contribution in [-0.2, 0) is 9.63 Å². The highest BCUT2D eigenvalue weighted by molar-refractivity contribution is 6.08. The number of rotatable bonds is 5. The molecule has 3 rings (SSSR count). The van der Waals surface area contributed by atoms with Gasteiger partial charge in [0.25, 0.3) is 0 Å². The molecule has 2 N–H and O–H groups in total. The molecule has 0 bridgehead atoms. The van der Waals surface area contributed by atoms with Crippen molar-refractivity contribution in [1.29, 1.82) is 0 Å². The molecule has 0 saturated heterocycles. The Bertz CT molecular complexity index is 954. The SMILES string of the molecule is Cc1cc(C)cc(OCC(=O)ON=C(N)c2cccc3ccccc23)c1. The third-order valence-corrected chi connectivity index (χ3v) is 3.86. The number of oxime groups is 1. The molecule has 0 fully saturated rings. The second-order valence-corrected chi connectivity index (χ2v) is 6.08. The van der Waals surface area contributed by atoms with Crippen molar-refractivity contribution >= 4 is 22.6 Å². The van der Waals surface area contributed by atoms with Gasteiger partial charge in [-0.1, -0.05) is 53.7 Å². The molecule has 3 aromatic rings. The first-order valence-electron chi connectivity index (χ1n) is 8.25. The topological polar surface area (TPSA) is 73.9 Å². The first kappa shape index (κ1) is 17.5. The predicted molar refractivity (Wildman–Crippen MR) is 102 cm³/mol. The molecule has 0 heterocycles. The molecule has 0 atom stereocenters. The van der Waals surface area contributed by atoms with Gasteiger partial charge < -0.3 is 15.3 Å². The quantitative estimate of drug-likeness (QED) is 0.330. The Labute approximate surface area is 152 Å². The largest absolute Gasteiger partial charge is 0.482 e. The zero-order valence-corrected chi connectivity index (χ0v) is 14.7. The second kappa shape index (κ2) is 7.70. The van der Waals surface area contributed by atoms with Gasteiger partial charge in [-0.3, -0.25) is 0 Å². The summed E-state index contributed by atoms with van der Waals surface area (Å²) in [6.07, 6.45) is 0. The fraction of sp³-hybridized carbons (Fsp3) is 0.143. The van der Waals surface area contributed by atoms with Gasteiger partial charge in [0.2, 0.25) is 0 Å². The fourth-order valence-electron chi connectivity index (χ4n) is 2.78. The summed E-state index contributed by atoms with van der Waals surface area (Å²) in [4.78, 5) is 16.8. The van der Waals surface area contributed by atoms with Gasteiger partial charge in [0.15, 0.2) is 12.4 Å². The van der Waals surface area contributed by atoms with Crippen molar-refractivity contribution < 1.29 is 14.4 Å². The molecule has 0 aliphatic heterocycles.